The average Bonchev–Trinajstić information content (AvgIpc) is 3.10. The smallest absolute Gasteiger partial charge is 0.253 e. The summed E-state index contributed by atoms with van der Waals surface area (Å²) in [4.78, 5) is 42.7. The molecule has 1 fully saturated rings. The summed E-state index contributed by atoms with van der Waals surface area (Å²) in [6.07, 6.45) is 1.99. The van der Waals surface area contributed by atoms with Gasteiger partial charge in [0.1, 0.15) is 5.65 Å². The summed E-state index contributed by atoms with van der Waals surface area (Å²) in [7, 11) is 1.81. The Morgan fingerprint density at radius 1 is 1.15 bits per heavy atom. The van der Waals surface area contributed by atoms with Crippen LogP contribution in [0.25, 0.3) is 11.0 Å². The number of rotatable bonds is 6. The number of pyridine rings is 1. The van der Waals surface area contributed by atoms with Gasteiger partial charge in [0.25, 0.3) is 5.56 Å². The van der Waals surface area contributed by atoms with E-state index >= 15 is 0 Å². The molecular formula is C25H31N5O3. The minimum atomic E-state index is -0.162. The van der Waals surface area contributed by atoms with Crippen LogP contribution in [0.2, 0.25) is 0 Å². The van der Waals surface area contributed by atoms with E-state index in [9.17, 15) is 14.4 Å². The van der Waals surface area contributed by atoms with Gasteiger partial charge in [-0.1, -0.05) is 30.3 Å². The van der Waals surface area contributed by atoms with Gasteiger partial charge in [-0.3, -0.25) is 19.1 Å². The summed E-state index contributed by atoms with van der Waals surface area (Å²) in [5.74, 6) is 0.00650. The van der Waals surface area contributed by atoms with Gasteiger partial charge in [-0.2, -0.15) is 5.10 Å². The molecule has 4 rings (SSSR count). The number of fused-ring (bicyclic) bond motifs is 1. The van der Waals surface area contributed by atoms with Crippen molar-refractivity contribution in [3.63, 3.8) is 0 Å². The molecule has 174 valence electrons. The highest BCUT2D eigenvalue weighted by Gasteiger charge is 2.27. The Balaban J connectivity index is 1.30. The van der Waals surface area contributed by atoms with Crippen LogP contribution in [-0.4, -0.2) is 44.6 Å². The molecule has 3 heterocycles. The fourth-order valence-electron chi connectivity index (χ4n) is 4.77. The van der Waals surface area contributed by atoms with E-state index in [0.29, 0.717) is 50.1 Å². The third kappa shape index (κ3) is 4.84. The number of aryl methyl sites for hydroxylation is 3. The molecule has 2 N–H and O–H groups in total. The van der Waals surface area contributed by atoms with Crippen LogP contribution in [0.3, 0.4) is 0 Å². The summed E-state index contributed by atoms with van der Waals surface area (Å²) in [6.45, 7) is 5.50. The second-order valence-electron chi connectivity index (χ2n) is 8.85. The van der Waals surface area contributed by atoms with Crippen molar-refractivity contribution in [2.24, 2.45) is 13.0 Å². The molecule has 0 saturated carbocycles. The number of carbonyl (C=O) groups is 2. The molecule has 0 spiro atoms. The highest BCUT2D eigenvalue weighted by atomic mass is 16.2. The number of amides is 2. The third-order valence-electron chi connectivity index (χ3n) is 6.67. The molecule has 1 aliphatic heterocycles. The second-order valence-corrected chi connectivity index (χ2v) is 8.85. The Hall–Kier alpha value is -3.42. The first-order chi connectivity index (χ1) is 15.8. The molecular weight excluding hydrogens is 418 g/mol. The quantitative estimate of drug-likeness (QED) is 0.603. The Morgan fingerprint density at radius 3 is 2.55 bits per heavy atom. The number of H-pyrrole nitrogens is 1. The zero-order chi connectivity index (χ0) is 23.5. The Labute approximate surface area is 193 Å². The number of likely N-dealkylation sites (tertiary alicyclic amines) is 1. The van der Waals surface area contributed by atoms with E-state index < -0.39 is 0 Å². The van der Waals surface area contributed by atoms with Crippen molar-refractivity contribution in [3.05, 3.63) is 63.1 Å². The molecule has 0 bridgehead atoms. The van der Waals surface area contributed by atoms with Crippen molar-refractivity contribution >= 4 is 22.8 Å². The normalized spacial score (nSPS) is 14.6. The van der Waals surface area contributed by atoms with Crippen LogP contribution in [0.1, 0.15) is 41.6 Å². The van der Waals surface area contributed by atoms with Gasteiger partial charge in [-0.15, -0.1) is 0 Å². The third-order valence-corrected chi connectivity index (χ3v) is 6.67. The van der Waals surface area contributed by atoms with E-state index in [2.05, 4.69) is 15.4 Å². The maximum atomic E-state index is 12.8. The number of nitrogens with one attached hydrogen (secondary N) is 2. The summed E-state index contributed by atoms with van der Waals surface area (Å²) in [5, 5.41) is 8.34. The highest BCUT2D eigenvalue weighted by molar-refractivity contribution is 5.83. The summed E-state index contributed by atoms with van der Waals surface area (Å²) in [5.41, 5.74) is 4.01. The number of nitrogens with zero attached hydrogens (tertiary/aromatic N) is 3. The summed E-state index contributed by atoms with van der Waals surface area (Å²) in [6, 6.07) is 9.84. The molecule has 8 heteroatoms. The van der Waals surface area contributed by atoms with Crippen LogP contribution in [0.15, 0.2) is 35.1 Å². The number of carbonyl (C=O) groups excluding carboxylic acids is 2. The largest absolute Gasteiger partial charge is 0.352 e. The number of piperidine rings is 1. The van der Waals surface area contributed by atoms with E-state index in [4.69, 9.17) is 0 Å². The zero-order valence-corrected chi connectivity index (χ0v) is 19.5. The Morgan fingerprint density at radius 2 is 1.85 bits per heavy atom. The Kier molecular flexibility index (Phi) is 6.62. The lowest BCUT2D eigenvalue weighted by Gasteiger charge is -2.31. The molecule has 2 amide bonds. The topological polar surface area (TPSA) is 100 Å². The predicted octanol–water partition coefficient (Wildman–Crippen LogP) is 2.37. The van der Waals surface area contributed by atoms with Gasteiger partial charge in [0.15, 0.2) is 0 Å². The van der Waals surface area contributed by atoms with Gasteiger partial charge in [0, 0.05) is 50.0 Å². The van der Waals surface area contributed by atoms with E-state index in [1.54, 1.807) is 11.7 Å². The minimum Gasteiger partial charge on any atom is -0.352 e. The van der Waals surface area contributed by atoms with E-state index in [1.165, 1.54) is 0 Å². The maximum Gasteiger partial charge on any atom is 0.253 e. The van der Waals surface area contributed by atoms with Gasteiger partial charge in [0.2, 0.25) is 11.8 Å². The van der Waals surface area contributed by atoms with Crippen molar-refractivity contribution in [3.8, 4) is 0 Å². The SMILES string of the molecule is Cc1nn(C)c2[nH]c(=O)c(CCC(=O)N3CCC(C(=O)NCc4ccccc4)CC3)c(C)c12. The van der Waals surface area contributed by atoms with Gasteiger partial charge >= 0.3 is 0 Å². The van der Waals surface area contributed by atoms with Crippen LogP contribution < -0.4 is 10.9 Å². The molecule has 1 saturated heterocycles. The van der Waals surface area contributed by atoms with Crippen LogP contribution in [0.4, 0.5) is 0 Å². The maximum absolute atomic E-state index is 12.8. The number of hydrogen-bond donors (Lipinski definition) is 2. The highest BCUT2D eigenvalue weighted by Crippen LogP contribution is 2.22. The van der Waals surface area contributed by atoms with Crippen molar-refractivity contribution in [1.82, 2.24) is 25.0 Å². The molecule has 3 aromatic rings. The lowest BCUT2D eigenvalue weighted by molar-refractivity contribution is -0.135. The molecule has 1 aromatic carbocycles. The van der Waals surface area contributed by atoms with Gasteiger partial charge < -0.3 is 15.2 Å². The summed E-state index contributed by atoms with van der Waals surface area (Å²) >= 11 is 0. The number of hydrogen-bond acceptors (Lipinski definition) is 4. The number of aromatic nitrogens is 3. The van der Waals surface area contributed by atoms with Crippen LogP contribution >= 0.6 is 0 Å². The lowest BCUT2D eigenvalue weighted by Crippen LogP contribution is -2.43. The van der Waals surface area contributed by atoms with E-state index in [1.807, 2.05) is 49.1 Å². The van der Waals surface area contributed by atoms with Crippen LogP contribution in [0.5, 0.6) is 0 Å². The monoisotopic (exact) mass is 449 g/mol. The average molecular weight is 450 g/mol. The number of benzene rings is 1. The van der Waals surface area contributed by atoms with E-state index in [0.717, 1.165) is 22.2 Å². The molecule has 2 aromatic heterocycles. The summed E-state index contributed by atoms with van der Waals surface area (Å²) < 4.78 is 1.67. The Bertz CT molecular complexity index is 1220. The van der Waals surface area contributed by atoms with Crippen LogP contribution in [-0.2, 0) is 29.6 Å². The first kappa shape index (κ1) is 22.8. The first-order valence-electron chi connectivity index (χ1n) is 11.5. The minimum absolute atomic E-state index is 0.0277. The number of aromatic amines is 1. The predicted molar refractivity (Wildman–Crippen MR) is 127 cm³/mol. The fraction of sp³-hybridized carbons (Fsp3) is 0.440. The lowest BCUT2D eigenvalue weighted by atomic mass is 9.95. The van der Waals surface area contributed by atoms with Crippen molar-refractivity contribution in [1.29, 1.82) is 0 Å². The molecule has 33 heavy (non-hydrogen) atoms. The van der Waals surface area contributed by atoms with E-state index in [-0.39, 0.29) is 29.7 Å². The van der Waals surface area contributed by atoms with Gasteiger partial charge in [-0.05, 0) is 44.2 Å². The molecule has 8 nitrogen and oxygen atoms in total. The van der Waals surface area contributed by atoms with Crippen molar-refractivity contribution in [2.45, 2.75) is 46.1 Å². The standard InChI is InChI=1S/C25H31N5O3/c1-16-20(25(33)27-23-22(16)17(2)28-29(23)3)9-10-21(31)30-13-11-19(12-14-30)24(32)26-15-18-7-5-4-6-8-18/h4-8,19H,9-15H2,1-3H3,(H,26,32)(H,27,33). The molecule has 1 aliphatic rings. The first-order valence-corrected chi connectivity index (χ1v) is 11.5. The van der Waals surface area contributed by atoms with Crippen LogP contribution in [0, 0.1) is 19.8 Å². The zero-order valence-electron chi connectivity index (χ0n) is 19.5. The fourth-order valence-corrected chi connectivity index (χ4v) is 4.77. The molecule has 0 atom stereocenters. The molecule has 0 radical (unpaired) electrons. The molecule has 0 unspecified atom stereocenters. The van der Waals surface area contributed by atoms with Gasteiger partial charge in [0.05, 0.1) is 5.69 Å². The van der Waals surface area contributed by atoms with Crippen molar-refractivity contribution in [2.75, 3.05) is 13.1 Å². The molecule has 0 aliphatic carbocycles. The van der Waals surface area contributed by atoms with Gasteiger partial charge in [-0.25, -0.2) is 0 Å². The second kappa shape index (κ2) is 9.60. The van der Waals surface area contributed by atoms with Crippen molar-refractivity contribution < 1.29 is 9.59 Å².